The van der Waals surface area contributed by atoms with Crippen LogP contribution in [-0.4, -0.2) is 23.1 Å². The van der Waals surface area contributed by atoms with Crippen molar-refractivity contribution in [3.8, 4) is 11.8 Å². The van der Waals surface area contributed by atoms with Crippen LogP contribution in [0.25, 0.3) is 0 Å². The number of halogens is 1. The van der Waals surface area contributed by atoms with Crippen LogP contribution in [0.4, 0.5) is 0 Å². The molecule has 0 atom stereocenters. The van der Waals surface area contributed by atoms with Gasteiger partial charge in [0, 0.05) is 6.42 Å². The number of hydrogen-bond acceptors (Lipinski definition) is 0. The molecule has 66 valence electrons. The molecule has 0 aliphatic heterocycles. The van der Waals surface area contributed by atoms with Crippen molar-refractivity contribution in [3.63, 3.8) is 0 Å². The molecule has 0 nitrogen and oxygen atoms in total. The van der Waals surface area contributed by atoms with E-state index < -0.39 is 0 Å². The monoisotopic (exact) mass is 240 g/mol. The Morgan fingerprint density at radius 1 is 1.08 bits per heavy atom. The summed E-state index contributed by atoms with van der Waals surface area (Å²) in [6, 6.07) is 0. The SMILES string of the molecule is [Br-].[CH2-]CCCCCCC#CC.[Mg+2]. The van der Waals surface area contributed by atoms with Gasteiger partial charge < -0.3 is 23.9 Å². The van der Waals surface area contributed by atoms with E-state index in [1.807, 2.05) is 6.92 Å². The molecule has 0 radical (unpaired) electrons. The van der Waals surface area contributed by atoms with Crippen molar-refractivity contribution in [2.24, 2.45) is 0 Å². The zero-order valence-electron chi connectivity index (χ0n) is 8.03. The van der Waals surface area contributed by atoms with Crippen molar-refractivity contribution < 1.29 is 17.0 Å². The van der Waals surface area contributed by atoms with Crippen LogP contribution in [0.5, 0.6) is 0 Å². The summed E-state index contributed by atoms with van der Waals surface area (Å²) in [5.74, 6) is 5.96. The maximum atomic E-state index is 3.79. The normalized spacial score (nSPS) is 7.17. The van der Waals surface area contributed by atoms with E-state index in [1.165, 1.54) is 25.7 Å². The second-order valence-corrected chi connectivity index (χ2v) is 2.44. The summed E-state index contributed by atoms with van der Waals surface area (Å²) >= 11 is 0. The molecule has 0 N–H and O–H groups in total. The van der Waals surface area contributed by atoms with E-state index >= 15 is 0 Å². The zero-order chi connectivity index (χ0) is 7.66. The van der Waals surface area contributed by atoms with Crippen LogP contribution in [0, 0.1) is 18.8 Å². The van der Waals surface area contributed by atoms with Crippen LogP contribution < -0.4 is 17.0 Å². The van der Waals surface area contributed by atoms with Crippen LogP contribution in [0.3, 0.4) is 0 Å². The van der Waals surface area contributed by atoms with Gasteiger partial charge in [-0.1, -0.05) is 19.3 Å². The van der Waals surface area contributed by atoms with Crippen LogP contribution in [0.2, 0.25) is 0 Å². The molecule has 2 heteroatoms. The van der Waals surface area contributed by atoms with Gasteiger partial charge in [-0.3, -0.25) is 0 Å². The first-order valence-electron chi connectivity index (χ1n) is 4.10. The minimum absolute atomic E-state index is 0. The Morgan fingerprint density at radius 2 is 1.67 bits per heavy atom. The van der Waals surface area contributed by atoms with Gasteiger partial charge in [-0.15, -0.1) is 11.8 Å². The fourth-order valence-electron chi connectivity index (χ4n) is 0.869. The fourth-order valence-corrected chi connectivity index (χ4v) is 0.869. The van der Waals surface area contributed by atoms with Gasteiger partial charge in [0.2, 0.25) is 0 Å². The molecule has 0 aromatic carbocycles. The second kappa shape index (κ2) is 17.8. The van der Waals surface area contributed by atoms with E-state index in [4.69, 9.17) is 0 Å². The second-order valence-electron chi connectivity index (χ2n) is 2.44. The molecule has 0 aliphatic carbocycles. The van der Waals surface area contributed by atoms with E-state index in [2.05, 4.69) is 18.8 Å². The third-order valence-corrected chi connectivity index (χ3v) is 1.48. The molecule has 0 aliphatic rings. The van der Waals surface area contributed by atoms with Gasteiger partial charge in [0.15, 0.2) is 0 Å². The summed E-state index contributed by atoms with van der Waals surface area (Å²) in [5.41, 5.74) is 0. The van der Waals surface area contributed by atoms with Crippen molar-refractivity contribution in [2.75, 3.05) is 0 Å². The number of hydrogen-bond donors (Lipinski definition) is 0. The first-order valence-corrected chi connectivity index (χ1v) is 4.10. The van der Waals surface area contributed by atoms with E-state index in [-0.39, 0.29) is 40.0 Å². The molecule has 0 saturated carbocycles. The summed E-state index contributed by atoms with van der Waals surface area (Å²) < 4.78 is 0. The maximum Gasteiger partial charge on any atom is 2.00 e. The van der Waals surface area contributed by atoms with E-state index in [9.17, 15) is 0 Å². The van der Waals surface area contributed by atoms with Crippen molar-refractivity contribution >= 4 is 23.1 Å². The molecule has 0 heterocycles. The molecule has 0 aromatic heterocycles. The number of rotatable bonds is 5. The first kappa shape index (κ1) is 18.6. The van der Waals surface area contributed by atoms with Crippen LogP contribution in [-0.2, 0) is 0 Å². The Morgan fingerprint density at radius 3 is 2.17 bits per heavy atom. The summed E-state index contributed by atoms with van der Waals surface area (Å²) in [6.07, 6.45) is 7.35. The van der Waals surface area contributed by atoms with Crippen LogP contribution >= 0.6 is 0 Å². The van der Waals surface area contributed by atoms with Crippen LogP contribution in [0.15, 0.2) is 0 Å². The van der Waals surface area contributed by atoms with Gasteiger partial charge in [-0.05, 0) is 13.3 Å². The molecule has 0 unspecified atom stereocenters. The van der Waals surface area contributed by atoms with Crippen molar-refractivity contribution in [1.29, 1.82) is 0 Å². The summed E-state index contributed by atoms with van der Waals surface area (Å²) in [6.45, 7) is 5.69. The molecule has 0 aromatic rings. The van der Waals surface area contributed by atoms with E-state index in [0.29, 0.717) is 0 Å². The average molecular weight is 241 g/mol. The average Bonchev–Trinajstić information content (AvgIpc) is 1.97. The molecule has 12 heavy (non-hydrogen) atoms. The van der Waals surface area contributed by atoms with Crippen LogP contribution in [0.1, 0.15) is 45.4 Å². The summed E-state index contributed by atoms with van der Waals surface area (Å²) in [7, 11) is 0. The molecule has 0 amide bonds. The summed E-state index contributed by atoms with van der Waals surface area (Å²) in [4.78, 5) is 0. The summed E-state index contributed by atoms with van der Waals surface area (Å²) in [5, 5.41) is 0. The minimum atomic E-state index is 0. The molecule has 0 rings (SSSR count). The van der Waals surface area contributed by atoms with Gasteiger partial charge in [-0.25, -0.2) is 0 Å². The predicted octanol–water partition coefficient (Wildman–Crippen LogP) is -0.192. The Kier molecular flexibility index (Phi) is 27.5. The predicted molar refractivity (Wildman–Crippen MR) is 52.3 cm³/mol. The maximum absolute atomic E-state index is 3.79. The van der Waals surface area contributed by atoms with Gasteiger partial charge in [0.25, 0.3) is 0 Å². The van der Waals surface area contributed by atoms with Gasteiger partial charge in [-0.2, -0.15) is 6.42 Å². The molecule has 0 spiro atoms. The van der Waals surface area contributed by atoms with E-state index in [0.717, 1.165) is 12.8 Å². The molecule has 0 bridgehead atoms. The zero-order valence-corrected chi connectivity index (χ0v) is 11.0. The van der Waals surface area contributed by atoms with Crippen molar-refractivity contribution in [3.05, 3.63) is 6.92 Å². The quantitative estimate of drug-likeness (QED) is 0.271. The van der Waals surface area contributed by atoms with Crippen molar-refractivity contribution in [2.45, 2.75) is 45.4 Å². The first-order chi connectivity index (χ1) is 4.91. The minimum Gasteiger partial charge on any atom is -1.00 e. The van der Waals surface area contributed by atoms with E-state index in [1.54, 1.807) is 0 Å². The Labute approximate surface area is 104 Å². The molecular formula is C10H17BrMg. The molecule has 0 fully saturated rings. The Balaban J connectivity index is -0.000000405. The molecule has 0 saturated heterocycles. The van der Waals surface area contributed by atoms with Gasteiger partial charge in [0.1, 0.15) is 0 Å². The third kappa shape index (κ3) is 17.1. The standard InChI is InChI=1S/C10H17.BrH.Mg/c1-3-5-7-9-10-8-6-4-2;;/h1,3,5,7-10H2,2H3;1H;/q-1;;+2/p-1. The fraction of sp³-hybridized carbons (Fsp3) is 0.700. The largest absolute Gasteiger partial charge is 2.00 e. The third-order valence-electron chi connectivity index (χ3n) is 1.48. The smallest absolute Gasteiger partial charge is 1.00 e. The Bertz CT molecular complexity index is 113. The molecular weight excluding hydrogens is 224 g/mol. The van der Waals surface area contributed by atoms with Gasteiger partial charge in [0.05, 0.1) is 0 Å². The van der Waals surface area contributed by atoms with Gasteiger partial charge >= 0.3 is 23.1 Å². The number of unbranched alkanes of at least 4 members (excludes halogenated alkanes) is 5. The van der Waals surface area contributed by atoms with Crippen molar-refractivity contribution in [1.82, 2.24) is 0 Å². The Hall–Kier alpha value is 0.806. The topological polar surface area (TPSA) is 0 Å².